The highest BCUT2D eigenvalue weighted by molar-refractivity contribution is 7.09. The molecule has 0 N–H and O–H groups in total. The smallest absolute Gasteiger partial charge is 0.357 e. The van der Waals surface area contributed by atoms with Gasteiger partial charge in [-0.2, -0.15) is 0 Å². The van der Waals surface area contributed by atoms with Crippen molar-refractivity contribution < 1.29 is 14.3 Å². The van der Waals surface area contributed by atoms with E-state index < -0.39 is 5.97 Å². The lowest BCUT2D eigenvalue weighted by molar-refractivity contribution is -0.137. The Morgan fingerprint density at radius 3 is 2.71 bits per heavy atom. The summed E-state index contributed by atoms with van der Waals surface area (Å²) in [5.74, 6) is -0.0324. The fourth-order valence-corrected chi connectivity index (χ4v) is 3.55. The Kier molecular flexibility index (Phi) is 7.21. The summed E-state index contributed by atoms with van der Waals surface area (Å²) in [4.78, 5) is 31.0. The largest absolute Gasteiger partial charge is 0.461 e. The van der Waals surface area contributed by atoms with Gasteiger partial charge in [-0.3, -0.25) is 4.79 Å². The van der Waals surface area contributed by atoms with Gasteiger partial charge in [0.2, 0.25) is 5.91 Å². The minimum atomic E-state index is -0.390. The van der Waals surface area contributed by atoms with E-state index in [9.17, 15) is 9.59 Å². The number of hydrogen-bond acceptors (Lipinski definition) is 5. The molecule has 0 spiro atoms. The van der Waals surface area contributed by atoms with Crippen LogP contribution in [0.5, 0.6) is 0 Å². The predicted molar refractivity (Wildman–Crippen MR) is 94.9 cm³/mol. The predicted octanol–water partition coefficient (Wildman–Crippen LogP) is 4.03. The second-order valence-corrected chi connectivity index (χ2v) is 7.23. The highest BCUT2D eigenvalue weighted by atomic mass is 32.1. The van der Waals surface area contributed by atoms with Crippen molar-refractivity contribution in [3.63, 3.8) is 0 Å². The number of hydrogen-bond donors (Lipinski definition) is 0. The van der Waals surface area contributed by atoms with Gasteiger partial charge in [-0.05, 0) is 32.6 Å². The van der Waals surface area contributed by atoms with E-state index in [4.69, 9.17) is 4.74 Å². The average molecular weight is 353 g/mol. The molecular weight excluding hydrogens is 324 g/mol. The Balaban J connectivity index is 2.03. The molecule has 1 unspecified atom stereocenters. The first kappa shape index (κ1) is 18.9. The van der Waals surface area contributed by atoms with E-state index in [0.29, 0.717) is 24.9 Å². The maximum Gasteiger partial charge on any atom is 0.357 e. The van der Waals surface area contributed by atoms with Crippen molar-refractivity contribution in [2.24, 2.45) is 5.92 Å². The lowest BCUT2D eigenvalue weighted by Crippen LogP contribution is -2.37. The summed E-state index contributed by atoms with van der Waals surface area (Å²) in [5, 5.41) is 2.53. The molecule has 0 radical (unpaired) electrons. The van der Waals surface area contributed by atoms with Crippen LogP contribution in [0.15, 0.2) is 5.38 Å². The van der Waals surface area contributed by atoms with Crippen LogP contribution in [0.2, 0.25) is 0 Å². The van der Waals surface area contributed by atoms with Crippen LogP contribution in [0, 0.1) is 5.92 Å². The van der Waals surface area contributed by atoms with Crippen molar-refractivity contribution in [1.29, 1.82) is 0 Å². The Morgan fingerprint density at radius 2 is 2.12 bits per heavy atom. The number of amides is 1. The normalized spacial score (nSPS) is 15.1. The Hall–Kier alpha value is -1.43. The first-order chi connectivity index (χ1) is 11.6. The fraction of sp³-hybridized carbons (Fsp3) is 0.722. The van der Waals surface area contributed by atoms with Crippen LogP contribution in [0.4, 0.5) is 0 Å². The van der Waals surface area contributed by atoms with Gasteiger partial charge in [-0.25, -0.2) is 9.78 Å². The average Bonchev–Trinajstić information content (AvgIpc) is 3.31. The van der Waals surface area contributed by atoms with Crippen molar-refractivity contribution in [2.45, 2.75) is 71.9 Å². The van der Waals surface area contributed by atoms with Crippen molar-refractivity contribution in [3.8, 4) is 0 Å². The van der Waals surface area contributed by atoms with E-state index in [0.717, 1.165) is 43.5 Å². The number of nitrogens with zero attached hydrogens (tertiary/aromatic N) is 2. The number of thiazole rings is 1. The first-order valence-corrected chi connectivity index (χ1v) is 9.90. The lowest BCUT2D eigenvalue weighted by Gasteiger charge is -2.26. The van der Waals surface area contributed by atoms with Crippen molar-refractivity contribution in [1.82, 2.24) is 9.88 Å². The fourth-order valence-electron chi connectivity index (χ4n) is 2.79. The summed E-state index contributed by atoms with van der Waals surface area (Å²) < 4.78 is 4.98. The highest BCUT2D eigenvalue weighted by Gasteiger charge is 2.35. The molecule has 1 heterocycles. The quantitative estimate of drug-likeness (QED) is 0.597. The summed E-state index contributed by atoms with van der Waals surface area (Å²) in [5.41, 5.74) is 0.345. The van der Waals surface area contributed by atoms with Crippen LogP contribution >= 0.6 is 11.3 Å². The second-order valence-electron chi connectivity index (χ2n) is 6.29. The highest BCUT2D eigenvalue weighted by Crippen LogP contribution is 2.31. The SMILES string of the molecule is CCCCC(CC)C(=O)N(Cc1nc(C(=O)OCC)cs1)C1CC1. The minimum Gasteiger partial charge on any atom is -0.461 e. The van der Waals surface area contributed by atoms with Crippen molar-refractivity contribution >= 4 is 23.2 Å². The van der Waals surface area contributed by atoms with E-state index in [1.54, 1.807) is 12.3 Å². The van der Waals surface area contributed by atoms with E-state index in [-0.39, 0.29) is 11.8 Å². The van der Waals surface area contributed by atoms with Crippen LogP contribution in [-0.2, 0) is 16.1 Å². The maximum absolute atomic E-state index is 12.9. The van der Waals surface area contributed by atoms with Crippen molar-refractivity contribution in [3.05, 3.63) is 16.1 Å². The molecule has 1 atom stereocenters. The minimum absolute atomic E-state index is 0.107. The van der Waals surface area contributed by atoms with Gasteiger partial charge in [0.15, 0.2) is 5.69 Å². The van der Waals surface area contributed by atoms with Gasteiger partial charge in [-0.15, -0.1) is 11.3 Å². The molecule has 1 aromatic rings. The maximum atomic E-state index is 12.9. The van der Waals surface area contributed by atoms with Crippen molar-refractivity contribution in [2.75, 3.05) is 6.61 Å². The molecule has 0 bridgehead atoms. The standard InChI is InChI=1S/C18H28N2O3S/c1-4-7-8-13(5-2)17(21)20(14-9-10-14)11-16-19-15(12-24-16)18(22)23-6-3/h12-14H,4-11H2,1-3H3. The third-order valence-electron chi connectivity index (χ3n) is 4.36. The molecule has 0 aromatic carbocycles. The van der Waals surface area contributed by atoms with Crippen LogP contribution < -0.4 is 0 Å². The lowest BCUT2D eigenvalue weighted by atomic mass is 9.97. The zero-order chi connectivity index (χ0) is 17.5. The molecule has 6 heteroatoms. The molecular formula is C18H28N2O3S. The van der Waals surface area contributed by atoms with Crippen LogP contribution in [0.25, 0.3) is 0 Å². The number of carbonyl (C=O) groups is 2. The third kappa shape index (κ3) is 5.03. The zero-order valence-corrected chi connectivity index (χ0v) is 15.7. The zero-order valence-electron chi connectivity index (χ0n) is 14.9. The van der Waals surface area contributed by atoms with Gasteiger partial charge in [0, 0.05) is 17.3 Å². The number of rotatable bonds is 10. The summed E-state index contributed by atoms with van der Waals surface area (Å²) in [6.45, 7) is 6.87. The second kappa shape index (κ2) is 9.16. The third-order valence-corrected chi connectivity index (χ3v) is 5.19. The van der Waals surface area contributed by atoms with Crippen LogP contribution in [-0.4, -0.2) is 34.4 Å². The Labute approximate surface area is 148 Å². The van der Waals surface area contributed by atoms with E-state index in [1.165, 1.54) is 11.3 Å². The summed E-state index contributed by atoms with van der Waals surface area (Å²) >= 11 is 1.43. The molecule has 1 saturated carbocycles. The van der Waals surface area contributed by atoms with Crippen LogP contribution in [0.3, 0.4) is 0 Å². The topological polar surface area (TPSA) is 59.5 Å². The number of ether oxygens (including phenoxy) is 1. The Bertz CT molecular complexity index is 554. The van der Waals surface area contributed by atoms with Gasteiger partial charge in [-0.1, -0.05) is 26.7 Å². The summed E-state index contributed by atoms with van der Waals surface area (Å²) in [6, 6.07) is 0.350. The molecule has 1 fully saturated rings. The van der Waals surface area contributed by atoms with Gasteiger partial charge in [0.25, 0.3) is 0 Å². The molecule has 134 valence electrons. The summed E-state index contributed by atoms with van der Waals surface area (Å²) in [6.07, 6.45) is 6.20. The van der Waals surface area contributed by atoms with E-state index in [2.05, 4.69) is 18.8 Å². The molecule has 5 nitrogen and oxygen atoms in total. The Morgan fingerprint density at radius 1 is 1.38 bits per heavy atom. The number of carbonyl (C=O) groups excluding carboxylic acids is 2. The number of aromatic nitrogens is 1. The molecule has 1 aliphatic rings. The van der Waals surface area contributed by atoms with Gasteiger partial charge in [0.1, 0.15) is 5.01 Å². The molecule has 1 amide bonds. The number of esters is 1. The van der Waals surface area contributed by atoms with Crippen LogP contribution in [0.1, 0.15) is 74.8 Å². The molecule has 1 aliphatic carbocycles. The molecule has 2 rings (SSSR count). The summed E-state index contributed by atoms with van der Waals surface area (Å²) in [7, 11) is 0. The van der Waals surface area contributed by atoms with Gasteiger partial charge in [0.05, 0.1) is 13.2 Å². The number of unbranched alkanes of at least 4 members (excludes halogenated alkanes) is 1. The molecule has 24 heavy (non-hydrogen) atoms. The van der Waals surface area contributed by atoms with Gasteiger partial charge < -0.3 is 9.64 Å². The molecule has 1 aromatic heterocycles. The first-order valence-electron chi connectivity index (χ1n) is 9.02. The molecule has 0 aliphatic heterocycles. The molecule has 0 saturated heterocycles. The van der Waals surface area contributed by atoms with E-state index >= 15 is 0 Å². The monoisotopic (exact) mass is 352 g/mol. The van der Waals surface area contributed by atoms with Gasteiger partial charge >= 0.3 is 5.97 Å². The van der Waals surface area contributed by atoms with E-state index in [1.807, 2.05) is 4.90 Å².